The minimum atomic E-state index is -0.529. The molecule has 0 bridgehead atoms. The molecule has 1 unspecified atom stereocenters. The highest BCUT2D eigenvalue weighted by atomic mass is 16.5. The fourth-order valence-corrected chi connectivity index (χ4v) is 2.23. The van der Waals surface area contributed by atoms with Crippen LogP contribution < -0.4 is 20.9 Å². The number of anilines is 4. The highest BCUT2D eigenvalue weighted by Crippen LogP contribution is 2.17. The van der Waals surface area contributed by atoms with Crippen molar-refractivity contribution in [2.24, 2.45) is 0 Å². The van der Waals surface area contributed by atoms with Crippen LogP contribution in [0.1, 0.15) is 6.92 Å². The van der Waals surface area contributed by atoms with Crippen molar-refractivity contribution in [2.45, 2.75) is 13.0 Å². The first-order valence-corrected chi connectivity index (χ1v) is 8.19. The van der Waals surface area contributed by atoms with E-state index in [2.05, 4.69) is 20.7 Å². The minimum Gasteiger partial charge on any atom is -0.453 e. The van der Waals surface area contributed by atoms with Gasteiger partial charge in [0.1, 0.15) is 6.04 Å². The zero-order chi connectivity index (χ0) is 19.1. The molecule has 0 radical (unpaired) electrons. The fraction of sp³-hybridized carbons (Fsp3) is 0.263. The largest absolute Gasteiger partial charge is 0.453 e. The molecule has 0 aliphatic rings. The number of carbonyl (C=O) groups excluding carboxylic acids is 2. The Kier molecular flexibility index (Phi) is 6.43. The van der Waals surface area contributed by atoms with Crippen molar-refractivity contribution >= 4 is 34.7 Å². The predicted octanol–water partition coefficient (Wildman–Crippen LogP) is 3.37. The molecular weight excluding hydrogens is 332 g/mol. The van der Waals surface area contributed by atoms with E-state index in [9.17, 15) is 9.59 Å². The molecule has 2 aromatic rings. The van der Waals surface area contributed by atoms with E-state index in [1.807, 2.05) is 43.3 Å². The van der Waals surface area contributed by atoms with Gasteiger partial charge >= 0.3 is 6.09 Å². The molecule has 7 nitrogen and oxygen atoms in total. The second-order valence-electron chi connectivity index (χ2n) is 5.99. The molecule has 0 spiro atoms. The highest BCUT2D eigenvalue weighted by Gasteiger charge is 2.13. The molecule has 2 amide bonds. The Morgan fingerprint density at radius 1 is 0.885 bits per heavy atom. The molecule has 0 saturated carbocycles. The van der Waals surface area contributed by atoms with Crippen LogP contribution in [0.15, 0.2) is 48.5 Å². The van der Waals surface area contributed by atoms with Gasteiger partial charge in [-0.25, -0.2) is 4.79 Å². The second-order valence-corrected chi connectivity index (χ2v) is 5.99. The van der Waals surface area contributed by atoms with Crippen molar-refractivity contribution in [1.29, 1.82) is 0 Å². The molecule has 0 aromatic heterocycles. The van der Waals surface area contributed by atoms with E-state index in [4.69, 9.17) is 0 Å². The number of methoxy groups -OCH3 is 1. The number of ether oxygens (including phenoxy) is 1. The van der Waals surface area contributed by atoms with Gasteiger partial charge in [-0.15, -0.1) is 0 Å². The maximum absolute atomic E-state index is 12.3. The molecule has 2 rings (SSSR count). The summed E-state index contributed by atoms with van der Waals surface area (Å²) < 4.78 is 4.54. The maximum Gasteiger partial charge on any atom is 0.411 e. The number of hydrogen-bond acceptors (Lipinski definition) is 5. The number of carbonyl (C=O) groups is 2. The van der Waals surface area contributed by atoms with Gasteiger partial charge in [0.05, 0.1) is 7.11 Å². The van der Waals surface area contributed by atoms with E-state index < -0.39 is 12.1 Å². The normalized spacial score (nSPS) is 11.2. The number of amides is 2. The number of nitrogens with zero attached hydrogens (tertiary/aromatic N) is 1. The highest BCUT2D eigenvalue weighted by molar-refractivity contribution is 5.96. The number of nitrogens with one attached hydrogen (secondary N) is 3. The van der Waals surface area contributed by atoms with Gasteiger partial charge in [-0.2, -0.15) is 0 Å². The van der Waals surface area contributed by atoms with Crippen LogP contribution >= 0.6 is 0 Å². The molecule has 138 valence electrons. The summed E-state index contributed by atoms with van der Waals surface area (Å²) in [6.45, 7) is 1.78. The standard InChI is InChI=1S/C19H24N4O3/c1-13(18(24)21-15-9-11-17(12-10-15)23(2)3)20-14-5-7-16(8-6-14)22-19(25)26-4/h5-13,20H,1-4H3,(H,21,24)(H,22,25). The summed E-state index contributed by atoms with van der Waals surface area (Å²) in [6.07, 6.45) is -0.529. The van der Waals surface area contributed by atoms with Crippen LogP contribution in [-0.4, -0.2) is 39.2 Å². The summed E-state index contributed by atoms with van der Waals surface area (Å²) in [7, 11) is 5.23. The third-order valence-electron chi connectivity index (χ3n) is 3.74. The Bertz CT molecular complexity index is 742. The zero-order valence-corrected chi connectivity index (χ0v) is 15.4. The van der Waals surface area contributed by atoms with Crippen LogP contribution in [0, 0.1) is 0 Å². The number of rotatable bonds is 6. The van der Waals surface area contributed by atoms with Gasteiger partial charge in [-0.3, -0.25) is 10.1 Å². The molecule has 0 heterocycles. The summed E-state index contributed by atoms with van der Waals surface area (Å²) in [5.41, 5.74) is 3.19. The van der Waals surface area contributed by atoms with E-state index in [1.165, 1.54) is 7.11 Å². The molecular formula is C19H24N4O3. The Morgan fingerprint density at radius 3 is 1.92 bits per heavy atom. The lowest BCUT2D eigenvalue weighted by atomic mass is 10.2. The van der Waals surface area contributed by atoms with E-state index in [0.29, 0.717) is 5.69 Å². The van der Waals surface area contributed by atoms with Gasteiger partial charge in [0, 0.05) is 36.8 Å². The lowest BCUT2D eigenvalue weighted by molar-refractivity contribution is -0.116. The van der Waals surface area contributed by atoms with Crippen LogP contribution in [0.4, 0.5) is 27.5 Å². The summed E-state index contributed by atoms with van der Waals surface area (Å²) in [5.74, 6) is -0.139. The molecule has 2 aromatic carbocycles. The Hall–Kier alpha value is -3.22. The Balaban J connectivity index is 1.91. The number of benzene rings is 2. The summed E-state index contributed by atoms with van der Waals surface area (Å²) in [5, 5.41) is 8.57. The lowest BCUT2D eigenvalue weighted by Crippen LogP contribution is -2.31. The van der Waals surface area contributed by atoms with Crippen molar-refractivity contribution in [3.8, 4) is 0 Å². The van der Waals surface area contributed by atoms with Crippen molar-refractivity contribution in [1.82, 2.24) is 0 Å². The number of hydrogen-bond donors (Lipinski definition) is 3. The predicted molar refractivity (Wildman–Crippen MR) is 105 cm³/mol. The average molecular weight is 356 g/mol. The van der Waals surface area contributed by atoms with Crippen molar-refractivity contribution in [3.63, 3.8) is 0 Å². The lowest BCUT2D eigenvalue weighted by Gasteiger charge is -2.17. The van der Waals surface area contributed by atoms with Crippen LogP contribution in [-0.2, 0) is 9.53 Å². The third-order valence-corrected chi connectivity index (χ3v) is 3.74. The van der Waals surface area contributed by atoms with E-state index in [-0.39, 0.29) is 5.91 Å². The van der Waals surface area contributed by atoms with Crippen LogP contribution in [0.5, 0.6) is 0 Å². The van der Waals surface area contributed by atoms with Gasteiger partial charge in [0.2, 0.25) is 5.91 Å². The first-order valence-electron chi connectivity index (χ1n) is 8.19. The Morgan fingerprint density at radius 2 is 1.38 bits per heavy atom. The summed E-state index contributed by atoms with van der Waals surface area (Å²) >= 11 is 0. The topological polar surface area (TPSA) is 82.7 Å². The second kappa shape index (κ2) is 8.75. The molecule has 1 atom stereocenters. The third kappa shape index (κ3) is 5.41. The maximum atomic E-state index is 12.3. The first kappa shape index (κ1) is 19.1. The molecule has 0 aliphatic carbocycles. The smallest absolute Gasteiger partial charge is 0.411 e. The van der Waals surface area contributed by atoms with E-state index >= 15 is 0 Å². The molecule has 7 heteroatoms. The average Bonchev–Trinajstić information content (AvgIpc) is 2.63. The van der Waals surface area contributed by atoms with Gasteiger partial charge in [0.25, 0.3) is 0 Å². The van der Waals surface area contributed by atoms with Gasteiger partial charge in [0.15, 0.2) is 0 Å². The van der Waals surface area contributed by atoms with Crippen LogP contribution in [0.2, 0.25) is 0 Å². The first-order chi connectivity index (χ1) is 12.4. The fourth-order valence-electron chi connectivity index (χ4n) is 2.23. The minimum absolute atomic E-state index is 0.139. The van der Waals surface area contributed by atoms with Crippen molar-refractivity contribution in [2.75, 3.05) is 42.1 Å². The van der Waals surface area contributed by atoms with Gasteiger partial charge < -0.3 is 20.3 Å². The van der Waals surface area contributed by atoms with E-state index in [1.54, 1.807) is 31.2 Å². The van der Waals surface area contributed by atoms with Crippen molar-refractivity contribution in [3.05, 3.63) is 48.5 Å². The van der Waals surface area contributed by atoms with Gasteiger partial charge in [-0.1, -0.05) is 0 Å². The molecule has 0 saturated heterocycles. The molecule has 26 heavy (non-hydrogen) atoms. The summed E-state index contributed by atoms with van der Waals surface area (Å²) in [4.78, 5) is 25.5. The zero-order valence-electron chi connectivity index (χ0n) is 15.4. The van der Waals surface area contributed by atoms with Crippen LogP contribution in [0.3, 0.4) is 0 Å². The SMILES string of the molecule is COC(=O)Nc1ccc(NC(C)C(=O)Nc2ccc(N(C)C)cc2)cc1. The monoisotopic (exact) mass is 356 g/mol. The summed E-state index contributed by atoms with van der Waals surface area (Å²) in [6, 6.07) is 14.2. The molecule has 0 aliphatic heterocycles. The Labute approximate surface area is 153 Å². The molecule has 3 N–H and O–H groups in total. The van der Waals surface area contributed by atoms with Crippen molar-refractivity contribution < 1.29 is 14.3 Å². The quantitative estimate of drug-likeness (QED) is 0.739. The van der Waals surface area contributed by atoms with Crippen LogP contribution in [0.25, 0.3) is 0 Å². The van der Waals surface area contributed by atoms with Gasteiger partial charge in [-0.05, 0) is 55.5 Å². The molecule has 0 fully saturated rings. The van der Waals surface area contributed by atoms with E-state index in [0.717, 1.165) is 17.1 Å².